The number of ether oxygens (including phenoxy) is 1. The fraction of sp³-hybridized carbons (Fsp3) is 0.0909. The quantitative estimate of drug-likeness (QED) is 0.462. The molecule has 0 N–H and O–H groups in total. The number of carbonyl (C=O) groups excluding carboxylic acids is 1. The van der Waals surface area contributed by atoms with E-state index in [-0.39, 0.29) is 5.91 Å². The van der Waals surface area contributed by atoms with Crippen LogP contribution in [0.4, 0.5) is 5.69 Å². The molecule has 0 fully saturated rings. The Morgan fingerprint density at radius 1 is 1.11 bits per heavy atom. The summed E-state index contributed by atoms with van der Waals surface area (Å²) in [6.45, 7) is 2.54. The highest BCUT2D eigenvalue weighted by Gasteiger charge is 2.33. The van der Waals surface area contributed by atoms with Gasteiger partial charge in [-0.05, 0) is 54.8 Å². The highest BCUT2D eigenvalue weighted by atomic mass is 79.9. The third-order valence-electron chi connectivity index (χ3n) is 4.20. The molecule has 0 bridgehead atoms. The lowest BCUT2D eigenvalue weighted by Crippen LogP contribution is -2.32. The number of amides is 1. The summed E-state index contributed by atoms with van der Waals surface area (Å²) in [5.74, 6) is 1.22. The fourth-order valence-electron chi connectivity index (χ4n) is 2.95. The predicted molar refractivity (Wildman–Crippen MR) is 118 cm³/mol. The lowest BCUT2D eigenvalue weighted by atomic mass is 10.1. The number of nitrogens with zero attached hydrogens (tertiary/aromatic N) is 2. The average molecular weight is 453 g/mol. The molecule has 1 aliphatic rings. The number of thiophene rings is 1. The molecule has 2 aromatic carbocycles. The van der Waals surface area contributed by atoms with E-state index in [1.54, 1.807) is 16.2 Å². The highest BCUT2D eigenvalue weighted by Crippen LogP contribution is 2.31. The molecule has 140 valence electrons. The molecule has 0 atom stereocenters. The first-order valence-electron chi connectivity index (χ1n) is 8.83. The maximum atomic E-state index is 13.2. The van der Waals surface area contributed by atoms with E-state index < -0.39 is 0 Å². The van der Waals surface area contributed by atoms with Crippen LogP contribution < -0.4 is 9.64 Å². The molecule has 1 aliphatic heterocycles. The molecule has 4 rings (SSSR count). The molecule has 4 nitrogen and oxygen atoms in total. The summed E-state index contributed by atoms with van der Waals surface area (Å²) >= 11 is 5.16. The van der Waals surface area contributed by atoms with Crippen molar-refractivity contribution in [1.29, 1.82) is 0 Å². The van der Waals surface area contributed by atoms with Crippen LogP contribution >= 0.6 is 27.3 Å². The van der Waals surface area contributed by atoms with Gasteiger partial charge in [-0.25, -0.2) is 4.99 Å². The molecule has 0 radical (unpaired) electrons. The molecule has 0 aliphatic carbocycles. The van der Waals surface area contributed by atoms with Crippen LogP contribution in [0.25, 0.3) is 6.08 Å². The zero-order valence-electron chi connectivity index (χ0n) is 15.1. The van der Waals surface area contributed by atoms with Gasteiger partial charge in [-0.3, -0.25) is 9.69 Å². The van der Waals surface area contributed by atoms with Crippen molar-refractivity contribution < 1.29 is 9.53 Å². The van der Waals surface area contributed by atoms with Crippen LogP contribution in [0.3, 0.4) is 0 Å². The van der Waals surface area contributed by atoms with E-state index in [1.165, 1.54) is 0 Å². The van der Waals surface area contributed by atoms with E-state index in [0.29, 0.717) is 18.1 Å². The number of hydrogen-bond acceptors (Lipinski definition) is 4. The molecule has 1 amide bonds. The smallest absolute Gasteiger partial charge is 0.282 e. The topological polar surface area (TPSA) is 41.9 Å². The molecule has 0 saturated carbocycles. The van der Waals surface area contributed by atoms with Crippen LogP contribution in [0.1, 0.15) is 17.4 Å². The van der Waals surface area contributed by atoms with Gasteiger partial charge in [0.2, 0.25) is 0 Å². The third kappa shape index (κ3) is 3.66. The van der Waals surface area contributed by atoms with Crippen LogP contribution in [0.15, 0.2) is 81.2 Å². The van der Waals surface area contributed by atoms with Crippen molar-refractivity contribution in [3.8, 4) is 5.75 Å². The average Bonchev–Trinajstić information content (AvgIpc) is 3.32. The standard InChI is InChI=1S/C22H17BrN2O2S/c1-2-27-16-11-9-15(10-12-16)25-21(18-7-3-4-8-19(18)23)24-20(22(25)26)14-17-6-5-13-28-17/h3-14H,2H2,1H3/b20-14+. The second-order valence-corrected chi connectivity index (χ2v) is 7.86. The van der Waals surface area contributed by atoms with Crippen LogP contribution in [0.5, 0.6) is 5.75 Å². The van der Waals surface area contributed by atoms with Gasteiger partial charge < -0.3 is 4.74 Å². The fourth-order valence-corrected chi connectivity index (χ4v) is 4.06. The summed E-state index contributed by atoms with van der Waals surface area (Å²) in [5.41, 5.74) is 2.03. The van der Waals surface area contributed by atoms with Gasteiger partial charge in [-0.1, -0.05) is 40.2 Å². The van der Waals surface area contributed by atoms with Gasteiger partial charge in [-0.15, -0.1) is 11.3 Å². The van der Waals surface area contributed by atoms with E-state index in [0.717, 1.165) is 26.4 Å². The van der Waals surface area contributed by atoms with Crippen molar-refractivity contribution in [2.75, 3.05) is 11.5 Å². The minimum Gasteiger partial charge on any atom is -0.494 e. The SMILES string of the molecule is CCOc1ccc(N2C(=O)/C(=C\c3cccs3)N=C2c2ccccc2Br)cc1. The Balaban J connectivity index is 1.80. The van der Waals surface area contributed by atoms with Crippen molar-refractivity contribution in [2.24, 2.45) is 4.99 Å². The first-order chi connectivity index (χ1) is 13.7. The molecule has 1 aromatic heterocycles. The number of amidine groups is 1. The molecule has 6 heteroatoms. The van der Waals surface area contributed by atoms with Crippen LogP contribution in [-0.4, -0.2) is 18.3 Å². The Morgan fingerprint density at radius 3 is 2.57 bits per heavy atom. The van der Waals surface area contributed by atoms with E-state index in [4.69, 9.17) is 9.73 Å². The Morgan fingerprint density at radius 2 is 1.89 bits per heavy atom. The molecule has 28 heavy (non-hydrogen) atoms. The van der Waals surface area contributed by atoms with Crippen LogP contribution in [-0.2, 0) is 4.79 Å². The summed E-state index contributed by atoms with van der Waals surface area (Å²) < 4.78 is 6.41. The number of aliphatic imine (C=N–C) groups is 1. The Hall–Kier alpha value is -2.70. The van der Waals surface area contributed by atoms with Crippen molar-refractivity contribution >= 4 is 50.8 Å². The van der Waals surface area contributed by atoms with Crippen LogP contribution in [0.2, 0.25) is 0 Å². The zero-order valence-corrected chi connectivity index (χ0v) is 17.5. The van der Waals surface area contributed by atoms with E-state index in [9.17, 15) is 4.79 Å². The lowest BCUT2D eigenvalue weighted by Gasteiger charge is -2.19. The largest absolute Gasteiger partial charge is 0.494 e. The first-order valence-corrected chi connectivity index (χ1v) is 10.5. The lowest BCUT2D eigenvalue weighted by molar-refractivity contribution is -0.113. The number of benzene rings is 2. The van der Waals surface area contributed by atoms with E-state index >= 15 is 0 Å². The summed E-state index contributed by atoms with van der Waals surface area (Å²) in [6.07, 6.45) is 1.83. The van der Waals surface area contributed by atoms with Gasteiger partial charge in [0.25, 0.3) is 5.91 Å². The second kappa shape index (κ2) is 8.12. The Labute approximate surface area is 175 Å². The van der Waals surface area contributed by atoms with E-state index in [1.807, 2.05) is 79.0 Å². The van der Waals surface area contributed by atoms with Crippen molar-refractivity contribution in [1.82, 2.24) is 0 Å². The summed E-state index contributed by atoms with van der Waals surface area (Å²) in [7, 11) is 0. The molecular formula is C22H17BrN2O2S. The first kappa shape index (κ1) is 18.7. The summed E-state index contributed by atoms with van der Waals surface area (Å²) in [4.78, 5) is 20.6. The Bertz CT molecular complexity index is 1060. The summed E-state index contributed by atoms with van der Waals surface area (Å²) in [6, 6.07) is 19.2. The van der Waals surface area contributed by atoms with Gasteiger partial charge in [0, 0.05) is 14.9 Å². The van der Waals surface area contributed by atoms with Crippen molar-refractivity contribution in [2.45, 2.75) is 6.92 Å². The molecular weight excluding hydrogens is 436 g/mol. The Kier molecular flexibility index (Phi) is 5.41. The maximum Gasteiger partial charge on any atom is 0.282 e. The minimum atomic E-state index is -0.150. The van der Waals surface area contributed by atoms with Gasteiger partial charge in [0.1, 0.15) is 17.3 Å². The van der Waals surface area contributed by atoms with Crippen molar-refractivity contribution in [3.63, 3.8) is 0 Å². The zero-order chi connectivity index (χ0) is 19.5. The number of halogens is 1. The highest BCUT2D eigenvalue weighted by molar-refractivity contribution is 9.10. The van der Waals surface area contributed by atoms with Crippen molar-refractivity contribution in [3.05, 3.63) is 86.7 Å². The van der Waals surface area contributed by atoms with Gasteiger partial charge in [-0.2, -0.15) is 0 Å². The molecule has 0 spiro atoms. The number of rotatable bonds is 5. The van der Waals surface area contributed by atoms with Gasteiger partial charge in [0.05, 0.1) is 12.3 Å². The molecule has 0 saturated heterocycles. The number of anilines is 1. The molecule has 2 heterocycles. The van der Waals surface area contributed by atoms with Crippen LogP contribution in [0, 0.1) is 0 Å². The molecule has 3 aromatic rings. The van der Waals surface area contributed by atoms with E-state index in [2.05, 4.69) is 15.9 Å². The summed E-state index contributed by atoms with van der Waals surface area (Å²) in [5, 5.41) is 1.98. The maximum absolute atomic E-state index is 13.2. The third-order valence-corrected chi connectivity index (χ3v) is 5.71. The number of carbonyl (C=O) groups is 1. The normalized spacial score (nSPS) is 15.2. The van der Waals surface area contributed by atoms with Gasteiger partial charge in [0.15, 0.2) is 0 Å². The van der Waals surface area contributed by atoms with Gasteiger partial charge >= 0.3 is 0 Å². The predicted octanol–water partition coefficient (Wildman–Crippen LogP) is 5.74. The minimum absolute atomic E-state index is 0.150. The monoisotopic (exact) mass is 452 g/mol. The second-order valence-electron chi connectivity index (χ2n) is 6.03. The number of hydrogen-bond donors (Lipinski definition) is 0. The molecule has 0 unspecified atom stereocenters.